The fourth-order valence-corrected chi connectivity index (χ4v) is 1.51. The molecule has 0 aliphatic heterocycles. The molecule has 0 saturated heterocycles. The van der Waals surface area contributed by atoms with Crippen LogP contribution >= 0.6 is 0 Å². The SMILES string of the molecule is Cc1nc(CNCc2ccc(C(F)F)cc2)no1. The minimum Gasteiger partial charge on any atom is -0.340 e. The van der Waals surface area contributed by atoms with E-state index in [2.05, 4.69) is 15.5 Å². The average molecular weight is 253 g/mol. The maximum absolute atomic E-state index is 12.3. The van der Waals surface area contributed by atoms with Crippen LogP contribution in [-0.2, 0) is 13.1 Å². The van der Waals surface area contributed by atoms with Gasteiger partial charge in [0.1, 0.15) is 0 Å². The van der Waals surface area contributed by atoms with Gasteiger partial charge in [0.25, 0.3) is 6.43 Å². The average Bonchev–Trinajstić information content (AvgIpc) is 2.76. The van der Waals surface area contributed by atoms with Gasteiger partial charge in [-0.05, 0) is 5.56 Å². The lowest BCUT2D eigenvalue weighted by Gasteiger charge is -2.04. The van der Waals surface area contributed by atoms with Gasteiger partial charge in [-0.1, -0.05) is 29.4 Å². The summed E-state index contributed by atoms with van der Waals surface area (Å²) < 4.78 is 29.5. The molecule has 18 heavy (non-hydrogen) atoms. The standard InChI is InChI=1S/C12H13F2N3O/c1-8-16-11(17-18-8)7-15-6-9-2-4-10(5-3-9)12(13)14/h2-5,12,15H,6-7H2,1H3. The summed E-state index contributed by atoms with van der Waals surface area (Å²) in [6, 6.07) is 6.21. The molecule has 2 aromatic rings. The Bertz CT molecular complexity index is 496. The van der Waals surface area contributed by atoms with Crippen LogP contribution < -0.4 is 5.32 Å². The smallest absolute Gasteiger partial charge is 0.263 e. The van der Waals surface area contributed by atoms with Gasteiger partial charge in [0.2, 0.25) is 5.89 Å². The third kappa shape index (κ3) is 3.33. The Labute approximate surface area is 103 Å². The van der Waals surface area contributed by atoms with Gasteiger partial charge in [-0.3, -0.25) is 0 Å². The van der Waals surface area contributed by atoms with Gasteiger partial charge in [0, 0.05) is 19.0 Å². The predicted octanol–water partition coefficient (Wildman–Crippen LogP) is 2.61. The molecule has 1 heterocycles. The maximum Gasteiger partial charge on any atom is 0.263 e. The Kier molecular flexibility index (Phi) is 3.99. The molecule has 0 aliphatic rings. The van der Waals surface area contributed by atoms with E-state index in [9.17, 15) is 8.78 Å². The molecule has 1 N–H and O–H groups in total. The van der Waals surface area contributed by atoms with E-state index in [-0.39, 0.29) is 5.56 Å². The van der Waals surface area contributed by atoms with Crippen molar-refractivity contribution in [2.24, 2.45) is 0 Å². The van der Waals surface area contributed by atoms with Crippen LogP contribution in [-0.4, -0.2) is 10.1 Å². The van der Waals surface area contributed by atoms with Crippen LogP contribution in [0.5, 0.6) is 0 Å². The van der Waals surface area contributed by atoms with Gasteiger partial charge in [-0.15, -0.1) is 0 Å². The summed E-state index contributed by atoms with van der Waals surface area (Å²) in [5.41, 5.74) is 0.965. The lowest BCUT2D eigenvalue weighted by Crippen LogP contribution is -2.13. The first-order valence-electron chi connectivity index (χ1n) is 5.52. The number of hydrogen-bond acceptors (Lipinski definition) is 4. The van der Waals surface area contributed by atoms with Crippen LogP contribution in [0.15, 0.2) is 28.8 Å². The third-order valence-electron chi connectivity index (χ3n) is 2.41. The molecule has 0 atom stereocenters. The van der Waals surface area contributed by atoms with Crippen molar-refractivity contribution in [2.75, 3.05) is 0 Å². The zero-order chi connectivity index (χ0) is 13.0. The zero-order valence-electron chi connectivity index (χ0n) is 9.86. The van der Waals surface area contributed by atoms with Gasteiger partial charge in [-0.25, -0.2) is 8.78 Å². The largest absolute Gasteiger partial charge is 0.340 e. The molecule has 0 aliphatic carbocycles. The van der Waals surface area contributed by atoms with Crippen molar-refractivity contribution in [2.45, 2.75) is 26.4 Å². The van der Waals surface area contributed by atoms with Crippen molar-refractivity contribution in [3.05, 3.63) is 47.1 Å². The molecule has 4 nitrogen and oxygen atoms in total. The number of hydrogen-bond donors (Lipinski definition) is 1. The van der Waals surface area contributed by atoms with Crippen LogP contribution in [0.1, 0.15) is 29.3 Å². The van der Waals surface area contributed by atoms with E-state index >= 15 is 0 Å². The molecule has 1 aromatic carbocycles. The normalized spacial score (nSPS) is 11.1. The van der Waals surface area contributed by atoms with E-state index in [4.69, 9.17) is 4.52 Å². The number of aromatic nitrogens is 2. The molecule has 0 unspecified atom stereocenters. The first-order valence-corrected chi connectivity index (χ1v) is 5.52. The summed E-state index contributed by atoms with van der Waals surface area (Å²) in [7, 11) is 0. The fourth-order valence-electron chi connectivity index (χ4n) is 1.51. The Morgan fingerprint density at radius 2 is 1.94 bits per heavy atom. The number of nitrogens with zero attached hydrogens (tertiary/aromatic N) is 2. The van der Waals surface area contributed by atoms with Crippen LogP contribution in [0.3, 0.4) is 0 Å². The Morgan fingerprint density at radius 3 is 2.50 bits per heavy atom. The van der Waals surface area contributed by atoms with Crippen molar-refractivity contribution in [3.63, 3.8) is 0 Å². The molecule has 96 valence electrons. The van der Waals surface area contributed by atoms with Crippen LogP contribution in [0.25, 0.3) is 0 Å². The van der Waals surface area contributed by atoms with E-state index < -0.39 is 6.43 Å². The molecule has 0 bridgehead atoms. The molecule has 6 heteroatoms. The van der Waals surface area contributed by atoms with Crippen molar-refractivity contribution in [3.8, 4) is 0 Å². The molecular formula is C12H13F2N3O. The number of rotatable bonds is 5. The van der Waals surface area contributed by atoms with Gasteiger partial charge in [-0.2, -0.15) is 4.98 Å². The van der Waals surface area contributed by atoms with E-state index in [1.54, 1.807) is 19.1 Å². The van der Waals surface area contributed by atoms with Crippen molar-refractivity contribution >= 4 is 0 Å². The monoisotopic (exact) mass is 253 g/mol. The van der Waals surface area contributed by atoms with E-state index in [0.29, 0.717) is 24.8 Å². The quantitative estimate of drug-likeness (QED) is 0.889. The van der Waals surface area contributed by atoms with Crippen LogP contribution in [0.4, 0.5) is 8.78 Å². The summed E-state index contributed by atoms with van der Waals surface area (Å²) in [6.07, 6.45) is -2.42. The number of benzene rings is 1. The molecule has 0 spiro atoms. The molecule has 0 fully saturated rings. The van der Waals surface area contributed by atoms with E-state index in [1.807, 2.05) is 0 Å². The highest BCUT2D eigenvalue weighted by Gasteiger charge is 2.06. The summed E-state index contributed by atoms with van der Waals surface area (Å²) in [6.45, 7) is 2.77. The minimum atomic E-state index is -2.42. The summed E-state index contributed by atoms with van der Waals surface area (Å²) in [5, 5.41) is 6.84. The molecule has 2 rings (SSSR count). The Morgan fingerprint density at radius 1 is 1.22 bits per heavy atom. The summed E-state index contributed by atoms with van der Waals surface area (Å²) in [5.74, 6) is 1.10. The first-order chi connectivity index (χ1) is 8.65. The highest BCUT2D eigenvalue weighted by Crippen LogP contribution is 2.18. The third-order valence-corrected chi connectivity index (χ3v) is 2.41. The molecule has 1 aromatic heterocycles. The van der Waals surface area contributed by atoms with E-state index in [1.165, 1.54) is 12.1 Å². The van der Waals surface area contributed by atoms with Gasteiger partial charge < -0.3 is 9.84 Å². The van der Waals surface area contributed by atoms with Crippen LogP contribution in [0, 0.1) is 6.92 Å². The number of aryl methyl sites for hydroxylation is 1. The number of nitrogens with one attached hydrogen (secondary N) is 1. The second kappa shape index (κ2) is 5.68. The lowest BCUT2D eigenvalue weighted by molar-refractivity contribution is 0.151. The van der Waals surface area contributed by atoms with Gasteiger partial charge >= 0.3 is 0 Å². The topological polar surface area (TPSA) is 51.0 Å². The van der Waals surface area contributed by atoms with E-state index in [0.717, 1.165) is 5.56 Å². The minimum absolute atomic E-state index is 0.0348. The lowest BCUT2D eigenvalue weighted by atomic mass is 10.1. The van der Waals surface area contributed by atoms with Crippen LogP contribution in [0.2, 0.25) is 0 Å². The van der Waals surface area contributed by atoms with Crippen molar-refractivity contribution < 1.29 is 13.3 Å². The molecule has 0 saturated carbocycles. The molecular weight excluding hydrogens is 240 g/mol. The Balaban J connectivity index is 1.83. The van der Waals surface area contributed by atoms with Gasteiger partial charge in [0.15, 0.2) is 5.82 Å². The predicted molar refractivity (Wildman–Crippen MR) is 61.0 cm³/mol. The molecule has 0 amide bonds. The second-order valence-electron chi connectivity index (χ2n) is 3.88. The maximum atomic E-state index is 12.3. The number of halogens is 2. The van der Waals surface area contributed by atoms with Gasteiger partial charge in [0.05, 0.1) is 6.54 Å². The highest BCUT2D eigenvalue weighted by atomic mass is 19.3. The summed E-state index contributed by atoms with van der Waals surface area (Å²) >= 11 is 0. The van der Waals surface area contributed by atoms with Crippen molar-refractivity contribution in [1.29, 1.82) is 0 Å². The summed E-state index contributed by atoms with van der Waals surface area (Å²) in [4.78, 5) is 4.04. The highest BCUT2D eigenvalue weighted by molar-refractivity contribution is 5.23. The fraction of sp³-hybridized carbons (Fsp3) is 0.333. The Hall–Kier alpha value is -1.82. The first kappa shape index (κ1) is 12.6. The molecule has 0 radical (unpaired) electrons. The second-order valence-corrected chi connectivity index (χ2v) is 3.88. The van der Waals surface area contributed by atoms with Crippen molar-refractivity contribution in [1.82, 2.24) is 15.5 Å². The number of alkyl halides is 2. The zero-order valence-corrected chi connectivity index (χ0v) is 9.86.